The lowest BCUT2D eigenvalue weighted by atomic mass is 10.0. The smallest absolute Gasteiger partial charge is 0.117 e. The number of ether oxygens (including phenoxy) is 1. The zero-order chi connectivity index (χ0) is 7.56. The second-order valence-electron chi connectivity index (χ2n) is 2.48. The summed E-state index contributed by atoms with van der Waals surface area (Å²) in [5.74, 6) is 0.578. The molecule has 0 fully saturated rings. The maximum Gasteiger partial charge on any atom is 0.117 e. The van der Waals surface area contributed by atoms with Crippen molar-refractivity contribution in [2.75, 3.05) is 7.11 Å². The van der Waals surface area contributed by atoms with Crippen LogP contribution in [0.4, 0.5) is 4.39 Å². The summed E-state index contributed by atoms with van der Waals surface area (Å²) in [7, 11) is 1.55. The van der Waals surface area contributed by atoms with Crippen LogP contribution in [0.1, 0.15) is 13.3 Å². The summed E-state index contributed by atoms with van der Waals surface area (Å²) in [6.07, 6.45) is 4.08. The van der Waals surface area contributed by atoms with Crippen molar-refractivity contribution in [3.63, 3.8) is 0 Å². The first-order chi connectivity index (χ1) is 4.74. The molecule has 1 aliphatic carbocycles. The SMILES string of the molecule is COC1=CCC(C)C(F)=C1. The minimum atomic E-state index is -0.0839. The zero-order valence-electron chi connectivity index (χ0n) is 6.23. The van der Waals surface area contributed by atoms with Gasteiger partial charge in [0.25, 0.3) is 0 Å². The van der Waals surface area contributed by atoms with E-state index in [9.17, 15) is 4.39 Å². The molecule has 1 atom stereocenters. The maximum atomic E-state index is 12.8. The molecule has 0 N–H and O–H groups in total. The maximum absolute atomic E-state index is 12.8. The average molecular weight is 142 g/mol. The van der Waals surface area contributed by atoms with Crippen LogP contribution in [-0.2, 0) is 4.74 Å². The molecular formula is C8H11FO. The predicted octanol–water partition coefficient (Wildman–Crippen LogP) is 2.41. The van der Waals surface area contributed by atoms with Crippen molar-refractivity contribution in [2.45, 2.75) is 13.3 Å². The van der Waals surface area contributed by atoms with Crippen LogP contribution < -0.4 is 0 Å². The fourth-order valence-electron chi connectivity index (χ4n) is 0.885. The van der Waals surface area contributed by atoms with Crippen LogP contribution in [0, 0.1) is 5.92 Å². The van der Waals surface area contributed by atoms with Gasteiger partial charge in [0.05, 0.1) is 7.11 Å². The molecule has 1 unspecified atom stereocenters. The standard InChI is InChI=1S/C8H11FO/c1-6-3-4-7(10-2)5-8(6)9/h4-6H,3H2,1-2H3. The molecule has 0 saturated carbocycles. The second-order valence-corrected chi connectivity index (χ2v) is 2.48. The molecule has 1 aliphatic rings. The van der Waals surface area contributed by atoms with Gasteiger partial charge in [-0.15, -0.1) is 0 Å². The first kappa shape index (κ1) is 7.32. The van der Waals surface area contributed by atoms with Gasteiger partial charge in [-0.25, -0.2) is 4.39 Å². The molecule has 0 spiro atoms. The molecule has 56 valence electrons. The topological polar surface area (TPSA) is 9.23 Å². The number of methoxy groups -OCH3 is 1. The highest BCUT2D eigenvalue weighted by Crippen LogP contribution is 2.24. The fraction of sp³-hybridized carbons (Fsp3) is 0.500. The Morgan fingerprint density at radius 3 is 2.90 bits per heavy atom. The number of allylic oxidation sites excluding steroid dienone is 3. The third-order valence-electron chi connectivity index (χ3n) is 1.66. The van der Waals surface area contributed by atoms with Crippen molar-refractivity contribution in [2.24, 2.45) is 5.92 Å². The zero-order valence-corrected chi connectivity index (χ0v) is 6.23. The van der Waals surface area contributed by atoms with Crippen molar-refractivity contribution in [3.05, 3.63) is 23.7 Å². The molecule has 0 aliphatic heterocycles. The highest BCUT2D eigenvalue weighted by Gasteiger charge is 2.12. The van der Waals surface area contributed by atoms with Gasteiger partial charge in [-0.1, -0.05) is 6.92 Å². The molecule has 0 bridgehead atoms. The lowest BCUT2D eigenvalue weighted by Gasteiger charge is -2.12. The van der Waals surface area contributed by atoms with E-state index in [1.807, 2.05) is 13.0 Å². The molecule has 10 heavy (non-hydrogen) atoms. The molecule has 0 heterocycles. The Bertz CT molecular complexity index is 182. The van der Waals surface area contributed by atoms with E-state index >= 15 is 0 Å². The molecule has 0 aromatic heterocycles. The van der Waals surface area contributed by atoms with Crippen molar-refractivity contribution in [1.82, 2.24) is 0 Å². The quantitative estimate of drug-likeness (QED) is 0.546. The summed E-state index contributed by atoms with van der Waals surface area (Å²) in [5.41, 5.74) is 0. The summed E-state index contributed by atoms with van der Waals surface area (Å²) in [5, 5.41) is 0. The number of hydrogen-bond acceptors (Lipinski definition) is 1. The largest absolute Gasteiger partial charge is 0.497 e. The Hall–Kier alpha value is -0.790. The number of hydrogen-bond donors (Lipinski definition) is 0. The molecule has 0 aromatic rings. The molecular weight excluding hydrogens is 131 g/mol. The van der Waals surface area contributed by atoms with Crippen molar-refractivity contribution in [1.29, 1.82) is 0 Å². The van der Waals surface area contributed by atoms with Crippen molar-refractivity contribution >= 4 is 0 Å². The lowest BCUT2D eigenvalue weighted by Crippen LogP contribution is -2.00. The second kappa shape index (κ2) is 2.86. The summed E-state index contributed by atoms with van der Waals surface area (Å²) in [6, 6.07) is 0. The summed E-state index contributed by atoms with van der Waals surface area (Å²) in [6.45, 7) is 1.86. The monoisotopic (exact) mass is 142 g/mol. The summed E-state index contributed by atoms with van der Waals surface area (Å²) in [4.78, 5) is 0. The Morgan fingerprint density at radius 2 is 2.40 bits per heavy atom. The van der Waals surface area contributed by atoms with Crippen LogP contribution in [0.5, 0.6) is 0 Å². The molecule has 0 amide bonds. The highest BCUT2D eigenvalue weighted by molar-refractivity contribution is 5.21. The number of rotatable bonds is 1. The van der Waals surface area contributed by atoms with Crippen molar-refractivity contribution < 1.29 is 9.13 Å². The van der Waals surface area contributed by atoms with Gasteiger partial charge < -0.3 is 4.74 Å². The van der Waals surface area contributed by atoms with Gasteiger partial charge in [-0.05, 0) is 12.5 Å². The van der Waals surface area contributed by atoms with E-state index in [4.69, 9.17) is 4.74 Å². The molecule has 0 saturated heterocycles. The van der Waals surface area contributed by atoms with Gasteiger partial charge in [0.15, 0.2) is 0 Å². The molecule has 2 heteroatoms. The van der Waals surface area contributed by atoms with E-state index in [0.29, 0.717) is 5.76 Å². The van der Waals surface area contributed by atoms with E-state index in [1.54, 1.807) is 7.11 Å². The first-order valence-corrected chi connectivity index (χ1v) is 3.35. The van der Waals surface area contributed by atoms with E-state index < -0.39 is 0 Å². The minimum Gasteiger partial charge on any atom is -0.497 e. The van der Waals surface area contributed by atoms with Gasteiger partial charge in [0.1, 0.15) is 11.6 Å². The average Bonchev–Trinajstić information content (AvgIpc) is 1.95. The summed E-state index contributed by atoms with van der Waals surface area (Å²) < 4.78 is 17.6. The van der Waals surface area contributed by atoms with Crippen LogP contribution in [0.2, 0.25) is 0 Å². The Balaban J connectivity index is 2.69. The van der Waals surface area contributed by atoms with Gasteiger partial charge >= 0.3 is 0 Å². The molecule has 0 aromatic carbocycles. The summed E-state index contributed by atoms with van der Waals surface area (Å²) >= 11 is 0. The van der Waals surface area contributed by atoms with Crippen molar-refractivity contribution in [3.8, 4) is 0 Å². The van der Waals surface area contributed by atoms with Gasteiger partial charge in [-0.2, -0.15) is 0 Å². The Morgan fingerprint density at radius 1 is 1.70 bits per heavy atom. The molecule has 0 radical (unpaired) electrons. The Labute approximate surface area is 60.2 Å². The molecule has 1 nitrogen and oxygen atoms in total. The van der Waals surface area contributed by atoms with E-state index in [0.717, 1.165) is 6.42 Å². The van der Waals surface area contributed by atoms with E-state index in [1.165, 1.54) is 6.08 Å². The van der Waals surface area contributed by atoms with Crippen LogP contribution in [0.3, 0.4) is 0 Å². The van der Waals surface area contributed by atoms with Crippen LogP contribution in [-0.4, -0.2) is 7.11 Å². The van der Waals surface area contributed by atoms with Gasteiger partial charge in [0, 0.05) is 12.0 Å². The minimum absolute atomic E-state index is 0.0268. The highest BCUT2D eigenvalue weighted by atomic mass is 19.1. The number of halogens is 1. The normalized spacial score (nSPS) is 25.3. The van der Waals surface area contributed by atoms with Gasteiger partial charge in [0.2, 0.25) is 0 Å². The molecule has 1 rings (SSSR count). The van der Waals surface area contributed by atoms with Gasteiger partial charge in [-0.3, -0.25) is 0 Å². The lowest BCUT2D eigenvalue weighted by molar-refractivity contribution is 0.295. The van der Waals surface area contributed by atoms with Crippen LogP contribution in [0.25, 0.3) is 0 Å². The Kier molecular flexibility index (Phi) is 2.10. The van der Waals surface area contributed by atoms with E-state index in [-0.39, 0.29) is 11.7 Å². The van der Waals surface area contributed by atoms with Crippen LogP contribution in [0.15, 0.2) is 23.7 Å². The fourth-order valence-corrected chi connectivity index (χ4v) is 0.885. The van der Waals surface area contributed by atoms with E-state index in [2.05, 4.69) is 0 Å². The third kappa shape index (κ3) is 1.38. The predicted molar refractivity (Wildman–Crippen MR) is 38.1 cm³/mol. The van der Waals surface area contributed by atoms with Crippen LogP contribution >= 0.6 is 0 Å². The first-order valence-electron chi connectivity index (χ1n) is 3.35. The third-order valence-corrected chi connectivity index (χ3v) is 1.66.